The molecular formula is C21H29N3O2. The molecule has 0 amide bonds. The quantitative estimate of drug-likeness (QED) is 0.716. The number of esters is 1. The van der Waals surface area contributed by atoms with Gasteiger partial charge in [0.05, 0.1) is 18.2 Å². The molecule has 0 spiro atoms. The lowest BCUT2D eigenvalue weighted by Gasteiger charge is -2.41. The average molecular weight is 355 g/mol. The molecule has 3 rings (SSSR count). The summed E-state index contributed by atoms with van der Waals surface area (Å²) >= 11 is 0. The lowest BCUT2D eigenvalue weighted by atomic mass is 9.75. The Kier molecular flexibility index (Phi) is 6.09. The number of aromatic nitrogens is 2. The van der Waals surface area contributed by atoms with E-state index in [4.69, 9.17) is 4.74 Å². The van der Waals surface area contributed by atoms with E-state index in [9.17, 15) is 4.79 Å². The molecule has 1 aliphatic heterocycles. The SMILES string of the molecule is CCOC(=O)[C@]1(CCc2ccccc2)CCCN(Cc2cnn(C)c2)C1. The van der Waals surface area contributed by atoms with Crippen LogP contribution < -0.4 is 0 Å². The topological polar surface area (TPSA) is 47.4 Å². The van der Waals surface area contributed by atoms with Crippen LogP contribution in [-0.2, 0) is 29.5 Å². The summed E-state index contributed by atoms with van der Waals surface area (Å²) in [6.07, 6.45) is 7.62. The summed E-state index contributed by atoms with van der Waals surface area (Å²) in [6, 6.07) is 10.4. The maximum atomic E-state index is 12.9. The molecule has 1 atom stereocenters. The van der Waals surface area contributed by atoms with Gasteiger partial charge < -0.3 is 4.74 Å². The first kappa shape index (κ1) is 18.6. The Morgan fingerprint density at radius 1 is 1.27 bits per heavy atom. The van der Waals surface area contributed by atoms with Crippen LogP contribution in [-0.4, -0.2) is 40.3 Å². The van der Waals surface area contributed by atoms with Crippen molar-refractivity contribution >= 4 is 5.97 Å². The molecule has 1 fully saturated rings. The summed E-state index contributed by atoms with van der Waals surface area (Å²) < 4.78 is 7.32. The van der Waals surface area contributed by atoms with E-state index in [-0.39, 0.29) is 5.97 Å². The van der Waals surface area contributed by atoms with Gasteiger partial charge in [-0.1, -0.05) is 30.3 Å². The molecule has 0 saturated carbocycles. The first-order valence-corrected chi connectivity index (χ1v) is 9.52. The van der Waals surface area contributed by atoms with Crippen LogP contribution in [0.5, 0.6) is 0 Å². The molecule has 1 aromatic carbocycles. The Bertz CT molecular complexity index is 713. The molecule has 1 aromatic heterocycles. The van der Waals surface area contributed by atoms with E-state index in [1.54, 1.807) is 0 Å². The third-order valence-electron chi connectivity index (χ3n) is 5.26. The van der Waals surface area contributed by atoms with Crippen molar-refractivity contribution in [3.8, 4) is 0 Å². The second kappa shape index (κ2) is 8.49. The molecule has 2 aromatic rings. The Morgan fingerprint density at radius 3 is 2.77 bits per heavy atom. The molecule has 26 heavy (non-hydrogen) atoms. The first-order valence-electron chi connectivity index (χ1n) is 9.52. The fourth-order valence-corrected chi connectivity index (χ4v) is 3.96. The van der Waals surface area contributed by atoms with Crippen molar-refractivity contribution in [1.82, 2.24) is 14.7 Å². The van der Waals surface area contributed by atoms with Gasteiger partial charge >= 0.3 is 5.97 Å². The number of carbonyl (C=O) groups excluding carboxylic acids is 1. The lowest BCUT2D eigenvalue weighted by Crippen LogP contribution is -2.48. The number of nitrogens with zero attached hydrogens (tertiary/aromatic N) is 3. The maximum absolute atomic E-state index is 12.9. The molecular weight excluding hydrogens is 326 g/mol. The minimum atomic E-state index is -0.410. The smallest absolute Gasteiger partial charge is 0.313 e. The highest BCUT2D eigenvalue weighted by Crippen LogP contribution is 2.36. The van der Waals surface area contributed by atoms with Crippen LogP contribution in [0.15, 0.2) is 42.7 Å². The summed E-state index contributed by atoms with van der Waals surface area (Å²) in [7, 11) is 1.93. The predicted molar refractivity (Wildman–Crippen MR) is 102 cm³/mol. The zero-order valence-corrected chi connectivity index (χ0v) is 15.9. The van der Waals surface area contributed by atoms with Gasteiger partial charge in [0.25, 0.3) is 0 Å². The van der Waals surface area contributed by atoms with E-state index >= 15 is 0 Å². The number of likely N-dealkylation sites (tertiary alicyclic amines) is 1. The van der Waals surface area contributed by atoms with Gasteiger partial charge in [-0.15, -0.1) is 0 Å². The van der Waals surface area contributed by atoms with Crippen LogP contribution >= 0.6 is 0 Å². The van der Waals surface area contributed by atoms with E-state index in [0.29, 0.717) is 6.61 Å². The second-order valence-electron chi connectivity index (χ2n) is 7.32. The molecule has 0 bridgehead atoms. The molecule has 140 valence electrons. The Balaban J connectivity index is 1.72. The van der Waals surface area contributed by atoms with Crippen molar-refractivity contribution in [3.63, 3.8) is 0 Å². The predicted octanol–water partition coefficient (Wildman–Crippen LogP) is 3.20. The van der Waals surface area contributed by atoms with Crippen molar-refractivity contribution in [2.45, 2.75) is 39.2 Å². The monoisotopic (exact) mass is 355 g/mol. The minimum Gasteiger partial charge on any atom is -0.466 e. The molecule has 0 aliphatic carbocycles. The number of hydrogen-bond acceptors (Lipinski definition) is 4. The van der Waals surface area contributed by atoms with E-state index in [0.717, 1.165) is 45.3 Å². The number of aryl methyl sites for hydroxylation is 2. The van der Waals surface area contributed by atoms with Crippen LogP contribution in [0.3, 0.4) is 0 Å². The third-order valence-corrected chi connectivity index (χ3v) is 5.26. The molecule has 0 N–H and O–H groups in total. The van der Waals surface area contributed by atoms with Gasteiger partial charge in [-0.25, -0.2) is 0 Å². The fourth-order valence-electron chi connectivity index (χ4n) is 3.96. The van der Waals surface area contributed by atoms with Crippen LogP contribution in [0.1, 0.15) is 37.3 Å². The second-order valence-corrected chi connectivity index (χ2v) is 7.32. The lowest BCUT2D eigenvalue weighted by molar-refractivity contribution is -0.160. The molecule has 5 heteroatoms. The summed E-state index contributed by atoms with van der Waals surface area (Å²) in [5, 5.41) is 4.26. The Labute approximate surface area is 156 Å². The summed E-state index contributed by atoms with van der Waals surface area (Å²) in [4.78, 5) is 15.3. The summed E-state index contributed by atoms with van der Waals surface area (Å²) in [6.45, 7) is 4.93. The number of hydrogen-bond donors (Lipinski definition) is 0. The normalized spacial score (nSPS) is 20.8. The van der Waals surface area contributed by atoms with Gasteiger partial charge in [0.2, 0.25) is 0 Å². The Hall–Kier alpha value is -2.14. The van der Waals surface area contributed by atoms with Gasteiger partial charge in [0.15, 0.2) is 0 Å². The van der Waals surface area contributed by atoms with E-state index in [1.807, 2.05) is 37.1 Å². The van der Waals surface area contributed by atoms with Crippen molar-refractivity contribution in [3.05, 3.63) is 53.9 Å². The molecule has 1 aliphatic rings. The van der Waals surface area contributed by atoms with E-state index < -0.39 is 5.41 Å². The number of ether oxygens (including phenoxy) is 1. The highest BCUT2D eigenvalue weighted by Gasteiger charge is 2.43. The molecule has 2 heterocycles. The number of benzene rings is 1. The van der Waals surface area contributed by atoms with Crippen LogP contribution in [0.4, 0.5) is 0 Å². The largest absolute Gasteiger partial charge is 0.466 e. The highest BCUT2D eigenvalue weighted by atomic mass is 16.5. The van der Waals surface area contributed by atoms with Crippen molar-refractivity contribution < 1.29 is 9.53 Å². The van der Waals surface area contributed by atoms with Gasteiger partial charge in [-0.2, -0.15) is 5.10 Å². The summed E-state index contributed by atoms with van der Waals surface area (Å²) in [5.41, 5.74) is 2.06. The van der Waals surface area contributed by atoms with E-state index in [1.165, 1.54) is 11.1 Å². The van der Waals surface area contributed by atoms with Crippen molar-refractivity contribution in [1.29, 1.82) is 0 Å². The Morgan fingerprint density at radius 2 is 2.08 bits per heavy atom. The molecule has 1 saturated heterocycles. The van der Waals surface area contributed by atoms with Gasteiger partial charge in [-0.05, 0) is 44.7 Å². The highest BCUT2D eigenvalue weighted by molar-refractivity contribution is 5.77. The van der Waals surface area contributed by atoms with Crippen LogP contribution in [0.25, 0.3) is 0 Å². The molecule has 5 nitrogen and oxygen atoms in total. The van der Waals surface area contributed by atoms with Gasteiger partial charge in [0.1, 0.15) is 0 Å². The molecule has 0 unspecified atom stereocenters. The summed E-state index contributed by atoms with van der Waals surface area (Å²) in [5.74, 6) is -0.0354. The zero-order chi connectivity index (χ0) is 18.4. The standard InChI is InChI=1S/C21H29N3O2/c1-3-26-20(25)21(12-10-18-8-5-4-6-9-18)11-7-13-24(17-21)16-19-14-22-23(2)15-19/h4-6,8-9,14-15H,3,7,10-13,16-17H2,1-2H3/t21-/m0/s1. The van der Waals surface area contributed by atoms with Crippen molar-refractivity contribution in [2.24, 2.45) is 12.5 Å². The number of rotatable bonds is 7. The van der Waals surface area contributed by atoms with Gasteiger partial charge in [-0.3, -0.25) is 14.4 Å². The zero-order valence-electron chi connectivity index (χ0n) is 15.9. The average Bonchev–Trinajstić information content (AvgIpc) is 3.06. The minimum absolute atomic E-state index is 0.0354. The number of piperidine rings is 1. The van der Waals surface area contributed by atoms with Crippen LogP contribution in [0.2, 0.25) is 0 Å². The van der Waals surface area contributed by atoms with Crippen molar-refractivity contribution in [2.75, 3.05) is 19.7 Å². The fraction of sp³-hybridized carbons (Fsp3) is 0.524. The maximum Gasteiger partial charge on any atom is 0.313 e. The molecule has 0 radical (unpaired) electrons. The van der Waals surface area contributed by atoms with Crippen LogP contribution in [0, 0.1) is 5.41 Å². The van der Waals surface area contributed by atoms with Gasteiger partial charge in [0, 0.05) is 31.9 Å². The number of carbonyl (C=O) groups is 1. The third kappa shape index (κ3) is 4.52. The first-order chi connectivity index (χ1) is 12.6. The van der Waals surface area contributed by atoms with E-state index in [2.05, 4.69) is 34.3 Å².